The van der Waals surface area contributed by atoms with Gasteiger partial charge >= 0.3 is 13.4 Å². The molecule has 0 spiro atoms. The van der Waals surface area contributed by atoms with Crippen LogP contribution >= 0.6 is 13.4 Å². The van der Waals surface area contributed by atoms with Crippen LogP contribution in [0.25, 0.3) is 22.3 Å². The zero-order chi connectivity index (χ0) is 32.7. The van der Waals surface area contributed by atoms with E-state index in [4.69, 9.17) is 62.6 Å². The molecule has 26 heteroatoms. The number of hydrogen-bond acceptors (Lipinski definition) is 16. The van der Waals surface area contributed by atoms with Crippen molar-refractivity contribution < 1.29 is 46.1 Å². The average molecular weight is 727 g/mol. The second-order valence-electron chi connectivity index (χ2n) is 10.2. The third-order valence-corrected chi connectivity index (χ3v) is 10.4. The molecule has 8 N–H and O–H groups in total. The molecule has 7 heterocycles. The maximum atomic E-state index is 16.0. The van der Waals surface area contributed by atoms with Gasteiger partial charge in [0.25, 0.3) is 11.1 Å². The van der Waals surface area contributed by atoms with Crippen molar-refractivity contribution in [2.75, 3.05) is 24.7 Å². The van der Waals surface area contributed by atoms with Crippen molar-refractivity contribution in [3.8, 4) is 0 Å². The summed E-state index contributed by atoms with van der Waals surface area (Å²) >= 11 is 10.2. The van der Waals surface area contributed by atoms with Crippen molar-refractivity contribution >= 4 is 71.3 Å². The summed E-state index contributed by atoms with van der Waals surface area (Å²) in [6.07, 6.45) is -11.4. The number of alkyl halides is 2. The van der Waals surface area contributed by atoms with Gasteiger partial charge in [-0.05, 0) is 23.6 Å². The number of anilines is 2. The number of nitrogens with two attached hydrogens (primary N) is 2. The predicted octanol–water partition coefficient (Wildman–Crippen LogP) is -0.861. The van der Waals surface area contributed by atoms with Crippen LogP contribution in [0.15, 0.2) is 22.2 Å². The van der Waals surface area contributed by atoms with Gasteiger partial charge < -0.3 is 39.8 Å². The Hall–Kier alpha value is -2.86. The average Bonchev–Trinajstić information content (AvgIpc) is 3.72. The van der Waals surface area contributed by atoms with E-state index in [2.05, 4.69) is 29.9 Å². The van der Waals surface area contributed by atoms with Crippen molar-refractivity contribution in [2.45, 2.75) is 49.2 Å². The molecule has 0 saturated carbocycles. The minimum Gasteiger partial charge on any atom is -0.369 e. The molecule has 4 aromatic rings. The van der Waals surface area contributed by atoms with Gasteiger partial charge in [0.1, 0.15) is 24.4 Å². The highest BCUT2D eigenvalue weighted by molar-refractivity contribution is 8.07. The van der Waals surface area contributed by atoms with E-state index in [1.54, 1.807) is 0 Å². The van der Waals surface area contributed by atoms with Crippen molar-refractivity contribution in [1.29, 1.82) is 0 Å². The van der Waals surface area contributed by atoms with E-state index in [-0.39, 0.29) is 34.2 Å². The normalized spacial score (nSPS) is 37.1. The second kappa shape index (κ2) is 11.4. The third kappa shape index (κ3) is 5.56. The number of aromatic nitrogens is 8. The van der Waals surface area contributed by atoms with Crippen molar-refractivity contribution in [1.82, 2.24) is 39.0 Å². The highest BCUT2D eigenvalue weighted by Crippen LogP contribution is 2.54. The number of aromatic amines is 2. The Morgan fingerprint density at radius 1 is 0.804 bits per heavy atom. The van der Waals surface area contributed by atoms with E-state index in [1.165, 1.54) is 0 Å². The summed E-state index contributed by atoms with van der Waals surface area (Å²) < 4.78 is 67.7. The number of nitrogens with zero attached hydrogens (tertiary/aromatic N) is 6. The molecule has 3 aliphatic rings. The monoisotopic (exact) mass is 726 g/mol. The molecule has 10 atom stereocenters. The zero-order valence-corrected chi connectivity index (χ0v) is 26.1. The molecule has 7 rings (SSSR count). The standard InChI is InChI=1S/C20H22F2N10O10P2S2/c21-7-11-5(39-17(7)31-3-25-9-13(31)27-19(23)29-15(9)33)1-37-43(35,45)42-12-6(2-38-44(36,46)41-11)40-18(8(12)22)32-4-26-10-14(32)28-20(24)30-16(10)34/h3-8,11-12,17-18H,1-2H2,(H,35,45)(H,36,46)(H3,23,27,29,33)(H3,24,28,30,34)/t5-,6-,7-,8-,11-,12-,17-,18-,43?,44?/m1/s1. The van der Waals surface area contributed by atoms with Gasteiger partial charge in [0, 0.05) is 0 Å². The largest absolute Gasteiger partial charge is 0.369 e. The molecule has 4 aromatic heterocycles. The lowest BCUT2D eigenvalue weighted by atomic mass is 10.1. The first kappa shape index (κ1) is 31.7. The summed E-state index contributed by atoms with van der Waals surface area (Å²) in [6.45, 7) is -10.0. The van der Waals surface area contributed by atoms with Gasteiger partial charge in [0.05, 0.1) is 25.9 Å². The Morgan fingerprint density at radius 2 is 1.20 bits per heavy atom. The summed E-state index contributed by atoms with van der Waals surface area (Å²) in [7, 11) is 0. The molecule has 2 unspecified atom stereocenters. The number of imidazole rings is 2. The van der Waals surface area contributed by atoms with E-state index in [9.17, 15) is 19.4 Å². The van der Waals surface area contributed by atoms with Gasteiger partial charge in [0.2, 0.25) is 11.9 Å². The number of H-pyrrole nitrogens is 2. The Labute approximate surface area is 263 Å². The number of hydrogen-bond donors (Lipinski definition) is 6. The van der Waals surface area contributed by atoms with E-state index < -0.39 is 87.0 Å². The Kier molecular flexibility index (Phi) is 7.85. The highest BCUT2D eigenvalue weighted by Gasteiger charge is 2.53. The first-order valence-electron chi connectivity index (χ1n) is 13.1. The van der Waals surface area contributed by atoms with E-state index >= 15 is 8.78 Å². The maximum Gasteiger partial charge on any atom is 0.325 e. The van der Waals surface area contributed by atoms with Crippen LogP contribution < -0.4 is 22.6 Å². The molecule has 0 bridgehead atoms. The minimum atomic E-state index is -4.33. The van der Waals surface area contributed by atoms with Crippen LogP contribution in [0.5, 0.6) is 0 Å². The quantitative estimate of drug-likeness (QED) is 0.137. The lowest BCUT2D eigenvalue weighted by Gasteiger charge is -2.29. The molecular formula is C20H22F2N10O10P2S2. The summed E-state index contributed by atoms with van der Waals surface area (Å²) in [4.78, 5) is 66.7. The molecule has 0 radical (unpaired) electrons. The number of ether oxygens (including phenoxy) is 2. The molecule has 20 nitrogen and oxygen atoms in total. The van der Waals surface area contributed by atoms with Gasteiger partial charge in [-0.15, -0.1) is 0 Å². The molecule has 248 valence electrons. The molecule has 0 amide bonds. The van der Waals surface area contributed by atoms with Crippen molar-refractivity contribution in [3.63, 3.8) is 0 Å². The fourth-order valence-electron chi connectivity index (χ4n) is 5.32. The first-order chi connectivity index (χ1) is 21.7. The number of fused-ring (bicyclic) bond motifs is 4. The van der Waals surface area contributed by atoms with E-state index in [0.29, 0.717) is 0 Å². The smallest absolute Gasteiger partial charge is 0.325 e. The summed E-state index contributed by atoms with van der Waals surface area (Å²) in [5, 5.41) is 0. The fourth-order valence-corrected chi connectivity index (χ4v) is 8.19. The van der Waals surface area contributed by atoms with Crippen LogP contribution in [-0.2, 0) is 51.2 Å². The Morgan fingerprint density at radius 3 is 1.59 bits per heavy atom. The molecule has 0 aliphatic carbocycles. The van der Waals surface area contributed by atoms with Crippen LogP contribution in [0, 0.1) is 0 Å². The minimum absolute atomic E-state index is 0.121. The van der Waals surface area contributed by atoms with Crippen LogP contribution in [0.2, 0.25) is 0 Å². The van der Waals surface area contributed by atoms with E-state index in [1.807, 2.05) is 0 Å². The van der Waals surface area contributed by atoms with Crippen LogP contribution in [0.4, 0.5) is 20.7 Å². The van der Waals surface area contributed by atoms with Gasteiger partial charge in [-0.1, -0.05) is 0 Å². The Balaban J connectivity index is 1.18. The summed E-state index contributed by atoms with van der Waals surface area (Å²) in [6, 6.07) is 0. The van der Waals surface area contributed by atoms with Gasteiger partial charge in [-0.2, -0.15) is 9.97 Å². The maximum absolute atomic E-state index is 16.0. The number of halogens is 2. The zero-order valence-electron chi connectivity index (χ0n) is 22.7. The van der Waals surface area contributed by atoms with Crippen LogP contribution in [0.3, 0.4) is 0 Å². The van der Waals surface area contributed by atoms with Crippen LogP contribution in [0.1, 0.15) is 12.5 Å². The first-order valence-corrected chi connectivity index (χ1v) is 18.2. The number of nitrogen functional groups attached to an aromatic ring is 2. The molecule has 3 fully saturated rings. The lowest BCUT2D eigenvalue weighted by Crippen LogP contribution is -2.37. The number of nitrogens with one attached hydrogen (secondary N) is 2. The van der Waals surface area contributed by atoms with Crippen LogP contribution in [-0.4, -0.2) is 98.8 Å². The van der Waals surface area contributed by atoms with Gasteiger partial charge in [0.15, 0.2) is 47.1 Å². The second-order valence-corrected chi connectivity index (χ2v) is 15.8. The molecule has 0 aromatic carbocycles. The SMILES string of the molecule is Nc1nc2c(ncn2[C@@H]2O[C@@H]3COP(O)(=S)O[C@H]4[C@@H](F)[C@H](n5cnc6c(=O)[nH]c(N)nc65)O[C@@H]4COP(O)(=S)O[C@H]3[C@H]2F)c(=O)[nH]1. The predicted molar refractivity (Wildman–Crippen MR) is 157 cm³/mol. The Bertz CT molecular complexity index is 1920. The number of rotatable bonds is 2. The molecule has 46 heavy (non-hydrogen) atoms. The molecule has 3 saturated heterocycles. The fraction of sp³-hybridized carbons (Fsp3) is 0.500. The summed E-state index contributed by atoms with van der Waals surface area (Å²) in [5.74, 6) is -0.542. The van der Waals surface area contributed by atoms with Crippen molar-refractivity contribution in [3.05, 3.63) is 33.4 Å². The molecule has 3 aliphatic heterocycles. The lowest BCUT2D eigenvalue weighted by molar-refractivity contribution is -0.0583. The highest BCUT2D eigenvalue weighted by atomic mass is 32.5. The molecular weight excluding hydrogens is 704 g/mol. The van der Waals surface area contributed by atoms with Crippen molar-refractivity contribution in [2.24, 2.45) is 0 Å². The third-order valence-electron chi connectivity index (χ3n) is 7.30. The topological polar surface area (TPSA) is 275 Å². The van der Waals surface area contributed by atoms with Gasteiger partial charge in [-0.25, -0.2) is 18.7 Å². The summed E-state index contributed by atoms with van der Waals surface area (Å²) in [5.41, 5.74) is 9.33. The van der Waals surface area contributed by atoms with E-state index in [0.717, 1.165) is 21.8 Å². The van der Waals surface area contributed by atoms with Gasteiger partial charge in [-0.3, -0.25) is 37.7 Å².